The predicted molar refractivity (Wildman–Crippen MR) is 95.8 cm³/mol. The van der Waals surface area contributed by atoms with E-state index in [2.05, 4.69) is 21.1 Å². The van der Waals surface area contributed by atoms with Crippen molar-refractivity contribution in [2.45, 2.75) is 12.8 Å². The van der Waals surface area contributed by atoms with Crippen LogP contribution >= 0.6 is 15.9 Å². The van der Waals surface area contributed by atoms with Crippen molar-refractivity contribution in [1.82, 2.24) is 5.16 Å². The van der Waals surface area contributed by atoms with E-state index in [0.717, 1.165) is 28.6 Å². The summed E-state index contributed by atoms with van der Waals surface area (Å²) in [7, 11) is 0. The standard InChI is InChI=1S/C19H16BrNO4/c20-16-4-1-5-18(11-16)25-17-8-6-15(7-9-17)19(22)23-10-2-3-14-12-21-24-13-14/h1,4-9,11-13H,2-3,10H2. The molecule has 0 amide bonds. The molecule has 0 fully saturated rings. The van der Waals surface area contributed by atoms with Crippen molar-refractivity contribution in [1.29, 1.82) is 0 Å². The van der Waals surface area contributed by atoms with E-state index < -0.39 is 0 Å². The lowest BCUT2D eigenvalue weighted by Crippen LogP contribution is -2.07. The molecule has 0 saturated heterocycles. The molecular formula is C19H16BrNO4. The molecule has 128 valence electrons. The second-order valence-electron chi connectivity index (χ2n) is 5.36. The van der Waals surface area contributed by atoms with Crippen molar-refractivity contribution in [2.24, 2.45) is 0 Å². The first-order valence-corrected chi connectivity index (χ1v) is 8.59. The van der Waals surface area contributed by atoms with Gasteiger partial charge in [-0.1, -0.05) is 27.2 Å². The van der Waals surface area contributed by atoms with Gasteiger partial charge in [0.05, 0.1) is 18.4 Å². The number of nitrogens with zero attached hydrogens (tertiary/aromatic N) is 1. The number of aromatic nitrogens is 1. The van der Waals surface area contributed by atoms with Crippen LogP contribution in [0.2, 0.25) is 0 Å². The quantitative estimate of drug-likeness (QED) is 0.410. The molecule has 0 bridgehead atoms. The third-order valence-electron chi connectivity index (χ3n) is 3.45. The second-order valence-corrected chi connectivity index (χ2v) is 6.27. The monoisotopic (exact) mass is 401 g/mol. The first-order chi connectivity index (χ1) is 12.2. The molecule has 0 N–H and O–H groups in total. The van der Waals surface area contributed by atoms with Gasteiger partial charge in [-0.25, -0.2) is 4.79 Å². The van der Waals surface area contributed by atoms with E-state index >= 15 is 0 Å². The topological polar surface area (TPSA) is 61.6 Å². The fraction of sp³-hybridized carbons (Fsp3) is 0.158. The van der Waals surface area contributed by atoms with Crippen molar-refractivity contribution in [3.05, 3.63) is 76.6 Å². The lowest BCUT2D eigenvalue weighted by atomic mass is 10.2. The number of carbonyl (C=O) groups is 1. The summed E-state index contributed by atoms with van der Waals surface area (Å²) in [4.78, 5) is 12.0. The summed E-state index contributed by atoms with van der Waals surface area (Å²) in [6.45, 7) is 0.348. The maximum absolute atomic E-state index is 12.0. The van der Waals surface area contributed by atoms with Crippen LogP contribution in [0.25, 0.3) is 0 Å². The summed E-state index contributed by atoms with van der Waals surface area (Å²) in [6.07, 6.45) is 4.73. The fourth-order valence-electron chi connectivity index (χ4n) is 2.20. The van der Waals surface area contributed by atoms with E-state index in [4.69, 9.17) is 14.0 Å². The SMILES string of the molecule is O=C(OCCCc1cnoc1)c1ccc(Oc2cccc(Br)c2)cc1. The average Bonchev–Trinajstić information content (AvgIpc) is 3.13. The van der Waals surface area contributed by atoms with Crippen LogP contribution in [-0.4, -0.2) is 17.7 Å². The van der Waals surface area contributed by atoms with Gasteiger partial charge in [0.1, 0.15) is 17.8 Å². The lowest BCUT2D eigenvalue weighted by molar-refractivity contribution is 0.0500. The molecule has 0 saturated carbocycles. The Kier molecular flexibility index (Phi) is 5.85. The van der Waals surface area contributed by atoms with Gasteiger partial charge < -0.3 is 14.0 Å². The van der Waals surface area contributed by atoms with Crippen LogP contribution in [0.4, 0.5) is 0 Å². The molecule has 0 radical (unpaired) electrons. The van der Waals surface area contributed by atoms with E-state index in [1.807, 2.05) is 24.3 Å². The maximum Gasteiger partial charge on any atom is 0.338 e. The van der Waals surface area contributed by atoms with Crippen LogP contribution in [-0.2, 0) is 11.2 Å². The van der Waals surface area contributed by atoms with Crippen LogP contribution in [0.1, 0.15) is 22.3 Å². The Bertz CT molecular complexity index is 816. The lowest BCUT2D eigenvalue weighted by Gasteiger charge is -2.07. The van der Waals surface area contributed by atoms with Gasteiger partial charge in [-0.05, 0) is 55.3 Å². The molecule has 0 aliphatic heterocycles. The van der Waals surface area contributed by atoms with Crippen molar-refractivity contribution < 1.29 is 18.8 Å². The molecule has 5 nitrogen and oxygen atoms in total. The third kappa shape index (κ3) is 5.19. The van der Waals surface area contributed by atoms with E-state index in [9.17, 15) is 4.79 Å². The molecule has 6 heteroatoms. The predicted octanol–water partition coefficient (Wildman–Crippen LogP) is 5.02. The highest BCUT2D eigenvalue weighted by atomic mass is 79.9. The minimum atomic E-state index is -0.348. The molecule has 1 heterocycles. The Morgan fingerprint density at radius 1 is 1.12 bits per heavy atom. The van der Waals surface area contributed by atoms with Gasteiger partial charge >= 0.3 is 5.97 Å². The number of aryl methyl sites for hydroxylation is 1. The first kappa shape index (κ1) is 17.2. The van der Waals surface area contributed by atoms with E-state index in [1.54, 1.807) is 36.7 Å². The minimum absolute atomic E-state index is 0.348. The summed E-state index contributed by atoms with van der Waals surface area (Å²) in [5.41, 5.74) is 1.48. The van der Waals surface area contributed by atoms with Gasteiger partial charge in [-0.2, -0.15) is 0 Å². The normalized spacial score (nSPS) is 10.4. The maximum atomic E-state index is 12.0. The molecule has 0 unspecified atom stereocenters. The van der Waals surface area contributed by atoms with Crippen LogP contribution in [0.5, 0.6) is 11.5 Å². The van der Waals surface area contributed by atoms with Crippen LogP contribution in [0.3, 0.4) is 0 Å². The average molecular weight is 402 g/mol. The number of carbonyl (C=O) groups excluding carboxylic acids is 1. The van der Waals surface area contributed by atoms with Crippen molar-refractivity contribution in [3.63, 3.8) is 0 Å². The summed E-state index contributed by atoms with van der Waals surface area (Å²) < 4.78 is 16.7. The van der Waals surface area contributed by atoms with E-state index in [1.165, 1.54) is 0 Å². The van der Waals surface area contributed by atoms with Crippen molar-refractivity contribution in [2.75, 3.05) is 6.61 Å². The van der Waals surface area contributed by atoms with Crippen LogP contribution in [0, 0.1) is 0 Å². The van der Waals surface area contributed by atoms with Gasteiger partial charge in [-0.3, -0.25) is 0 Å². The second kappa shape index (κ2) is 8.48. The van der Waals surface area contributed by atoms with E-state index in [0.29, 0.717) is 17.9 Å². The van der Waals surface area contributed by atoms with Gasteiger partial charge in [0.25, 0.3) is 0 Å². The van der Waals surface area contributed by atoms with Gasteiger partial charge in [-0.15, -0.1) is 0 Å². The molecule has 0 aliphatic carbocycles. The van der Waals surface area contributed by atoms with E-state index in [-0.39, 0.29) is 5.97 Å². The van der Waals surface area contributed by atoms with Crippen molar-refractivity contribution >= 4 is 21.9 Å². The third-order valence-corrected chi connectivity index (χ3v) is 3.94. The Balaban J connectivity index is 1.48. The molecular weight excluding hydrogens is 386 g/mol. The highest BCUT2D eigenvalue weighted by molar-refractivity contribution is 9.10. The summed E-state index contributed by atoms with van der Waals surface area (Å²) >= 11 is 3.40. The molecule has 3 rings (SSSR count). The number of halogens is 1. The van der Waals surface area contributed by atoms with Gasteiger partial charge in [0.2, 0.25) is 0 Å². The zero-order valence-electron chi connectivity index (χ0n) is 13.4. The Labute approximate surface area is 153 Å². The van der Waals surface area contributed by atoms with Gasteiger partial charge in [0.15, 0.2) is 0 Å². The Morgan fingerprint density at radius 2 is 1.96 bits per heavy atom. The Hall–Kier alpha value is -2.60. The molecule has 25 heavy (non-hydrogen) atoms. The molecule has 0 spiro atoms. The zero-order valence-corrected chi connectivity index (χ0v) is 14.9. The van der Waals surface area contributed by atoms with Gasteiger partial charge in [0, 0.05) is 10.0 Å². The largest absolute Gasteiger partial charge is 0.462 e. The summed E-state index contributed by atoms with van der Waals surface area (Å²) in [5, 5.41) is 3.63. The first-order valence-electron chi connectivity index (χ1n) is 7.79. The number of ether oxygens (including phenoxy) is 2. The molecule has 3 aromatic rings. The molecule has 2 aromatic carbocycles. The molecule has 0 aliphatic rings. The highest BCUT2D eigenvalue weighted by Gasteiger charge is 2.08. The van der Waals surface area contributed by atoms with Crippen molar-refractivity contribution in [3.8, 4) is 11.5 Å². The smallest absolute Gasteiger partial charge is 0.338 e. The van der Waals surface area contributed by atoms with Crippen LogP contribution in [0.15, 0.2) is 70.0 Å². The number of hydrogen-bond donors (Lipinski definition) is 0. The zero-order chi connectivity index (χ0) is 17.5. The summed E-state index contributed by atoms with van der Waals surface area (Å²) in [6, 6.07) is 14.4. The van der Waals surface area contributed by atoms with Crippen LogP contribution < -0.4 is 4.74 Å². The molecule has 0 atom stereocenters. The minimum Gasteiger partial charge on any atom is -0.462 e. The highest BCUT2D eigenvalue weighted by Crippen LogP contribution is 2.24. The Morgan fingerprint density at radius 3 is 2.68 bits per heavy atom. The number of benzene rings is 2. The fourth-order valence-corrected chi connectivity index (χ4v) is 2.58. The number of hydrogen-bond acceptors (Lipinski definition) is 5. The summed E-state index contributed by atoms with van der Waals surface area (Å²) in [5.74, 6) is 1.03. The number of esters is 1. The number of rotatable bonds is 7. The molecule has 1 aromatic heterocycles.